The Morgan fingerprint density at radius 3 is 2.50 bits per heavy atom. The molecule has 138 valence electrons. The largest absolute Gasteiger partial charge is 0.351 e. The van der Waals surface area contributed by atoms with Gasteiger partial charge in [-0.15, -0.1) is 26.6 Å². The van der Waals surface area contributed by atoms with Crippen LogP contribution in [0.25, 0.3) is 5.65 Å². The molecule has 0 spiro atoms. The average molecular weight is 372 g/mol. The standard InChI is InChI=1S/C18H25N7S/c1-11-12(2)26-17(19-11)23(6)13-9-24(10-13)15-8-7-14-20-21-16(18(3,4)5)25(14)22-15/h7-8,13H,9-10H2,1-6H3. The lowest BCUT2D eigenvalue weighted by Gasteiger charge is -2.44. The van der Waals surface area contributed by atoms with Crippen molar-refractivity contribution < 1.29 is 0 Å². The Bertz CT molecular complexity index is 927. The molecule has 0 radical (unpaired) electrons. The summed E-state index contributed by atoms with van der Waals surface area (Å²) < 4.78 is 1.87. The highest BCUT2D eigenvalue weighted by Gasteiger charge is 2.33. The number of aryl methyl sites for hydroxylation is 2. The summed E-state index contributed by atoms with van der Waals surface area (Å²) in [5, 5.41) is 14.5. The molecule has 0 saturated carbocycles. The van der Waals surface area contributed by atoms with Crippen molar-refractivity contribution in [2.24, 2.45) is 0 Å². The first-order valence-corrected chi connectivity index (χ1v) is 9.70. The summed E-state index contributed by atoms with van der Waals surface area (Å²) in [5.74, 6) is 1.86. The van der Waals surface area contributed by atoms with Gasteiger partial charge in [-0.3, -0.25) is 0 Å². The van der Waals surface area contributed by atoms with Crippen molar-refractivity contribution in [3.63, 3.8) is 0 Å². The summed E-state index contributed by atoms with van der Waals surface area (Å²) in [6.45, 7) is 12.5. The molecular formula is C18H25N7S. The number of aromatic nitrogens is 5. The molecule has 4 heterocycles. The van der Waals surface area contributed by atoms with Crippen LogP contribution in [-0.2, 0) is 5.41 Å². The van der Waals surface area contributed by atoms with Crippen LogP contribution in [0.1, 0.15) is 37.2 Å². The van der Waals surface area contributed by atoms with Gasteiger partial charge >= 0.3 is 0 Å². The van der Waals surface area contributed by atoms with E-state index in [1.54, 1.807) is 11.3 Å². The van der Waals surface area contributed by atoms with Gasteiger partial charge < -0.3 is 9.80 Å². The number of nitrogens with zero attached hydrogens (tertiary/aromatic N) is 7. The van der Waals surface area contributed by atoms with Crippen LogP contribution >= 0.6 is 11.3 Å². The third kappa shape index (κ3) is 2.82. The lowest BCUT2D eigenvalue weighted by molar-refractivity contribution is 0.485. The van der Waals surface area contributed by atoms with Gasteiger partial charge in [-0.2, -0.15) is 4.52 Å². The first-order valence-electron chi connectivity index (χ1n) is 8.89. The van der Waals surface area contributed by atoms with E-state index in [2.05, 4.69) is 66.6 Å². The van der Waals surface area contributed by atoms with E-state index in [-0.39, 0.29) is 5.41 Å². The first-order chi connectivity index (χ1) is 12.2. The molecule has 3 aromatic heterocycles. The first kappa shape index (κ1) is 17.2. The summed E-state index contributed by atoms with van der Waals surface area (Å²) in [4.78, 5) is 10.5. The molecule has 26 heavy (non-hydrogen) atoms. The van der Waals surface area contributed by atoms with Gasteiger partial charge in [-0.25, -0.2) is 4.98 Å². The molecule has 0 aromatic carbocycles. The third-order valence-electron chi connectivity index (χ3n) is 4.97. The number of hydrogen-bond donors (Lipinski definition) is 0. The van der Waals surface area contributed by atoms with Crippen molar-refractivity contribution in [1.82, 2.24) is 24.8 Å². The summed E-state index contributed by atoms with van der Waals surface area (Å²) in [7, 11) is 2.13. The maximum absolute atomic E-state index is 4.79. The number of hydrogen-bond acceptors (Lipinski definition) is 7. The Morgan fingerprint density at radius 1 is 1.15 bits per heavy atom. The van der Waals surface area contributed by atoms with Gasteiger partial charge in [-0.1, -0.05) is 20.8 Å². The lowest BCUT2D eigenvalue weighted by atomic mass is 9.96. The second kappa shape index (κ2) is 5.90. The summed E-state index contributed by atoms with van der Waals surface area (Å²) in [6.07, 6.45) is 0. The van der Waals surface area contributed by atoms with E-state index < -0.39 is 0 Å². The van der Waals surface area contributed by atoms with Gasteiger partial charge in [0.25, 0.3) is 0 Å². The quantitative estimate of drug-likeness (QED) is 0.705. The predicted octanol–water partition coefficient (Wildman–Crippen LogP) is 2.82. The molecule has 0 bridgehead atoms. The molecule has 1 aliphatic heterocycles. The number of rotatable bonds is 3. The Balaban J connectivity index is 1.52. The fraction of sp³-hybridized carbons (Fsp3) is 0.556. The van der Waals surface area contributed by atoms with Crippen LogP contribution in [-0.4, -0.2) is 51.0 Å². The molecule has 0 amide bonds. The zero-order valence-corrected chi connectivity index (χ0v) is 17.0. The van der Waals surface area contributed by atoms with Crippen molar-refractivity contribution in [3.05, 3.63) is 28.5 Å². The molecule has 0 N–H and O–H groups in total. The molecule has 8 heteroatoms. The minimum absolute atomic E-state index is 0.0939. The van der Waals surface area contributed by atoms with Crippen LogP contribution in [0.15, 0.2) is 12.1 Å². The second-order valence-corrected chi connectivity index (χ2v) is 9.22. The molecule has 3 aromatic rings. The number of fused-ring (bicyclic) bond motifs is 1. The minimum atomic E-state index is -0.0939. The van der Waals surface area contributed by atoms with E-state index in [0.717, 1.165) is 41.2 Å². The van der Waals surface area contributed by atoms with Crippen molar-refractivity contribution in [1.29, 1.82) is 0 Å². The molecular weight excluding hydrogens is 346 g/mol. The fourth-order valence-corrected chi connectivity index (χ4v) is 4.01. The van der Waals surface area contributed by atoms with E-state index >= 15 is 0 Å². The molecule has 1 saturated heterocycles. The number of anilines is 2. The molecule has 4 rings (SSSR count). The second-order valence-electron chi connectivity index (χ2n) is 8.04. The van der Waals surface area contributed by atoms with Crippen LogP contribution in [0.2, 0.25) is 0 Å². The van der Waals surface area contributed by atoms with Crippen molar-refractivity contribution in [3.8, 4) is 0 Å². The van der Waals surface area contributed by atoms with Crippen LogP contribution in [0.3, 0.4) is 0 Å². The number of thiazole rings is 1. The zero-order chi connectivity index (χ0) is 18.6. The minimum Gasteiger partial charge on any atom is -0.351 e. The van der Waals surface area contributed by atoms with E-state index in [4.69, 9.17) is 5.10 Å². The molecule has 7 nitrogen and oxygen atoms in total. The molecule has 0 unspecified atom stereocenters. The average Bonchev–Trinajstić information content (AvgIpc) is 3.09. The predicted molar refractivity (Wildman–Crippen MR) is 105 cm³/mol. The Hall–Kier alpha value is -2.22. The fourth-order valence-electron chi connectivity index (χ4n) is 3.07. The number of likely N-dealkylation sites (N-methyl/N-ethyl adjacent to an activating group) is 1. The highest BCUT2D eigenvalue weighted by molar-refractivity contribution is 7.15. The van der Waals surface area contributed by atoms with Gasteiger partial charge in [0.15, 0.2) is 16.6 Å². The third-order valence-corrected chi connectivity index (χ3v) is 6.14. The van der Waals surface area contributed by atoms with Crippen LogP contribution in [0, 0.1) is 13.8 Å². The highest BCUT2D eigenvalue weighted by Crippen LogP contribution is 2.30. The van der Waals surface area contributed by atoms with Crippen LogP contribution < -0.4 is 9.80 Å². The van der Waals surface area contributed by atoms with Gasteiger partial charge in [0.2, 0.25) is 0 Å². The van der Waals surface area contributed by atoms with E-state index in [9.17, 15) is 0 Å². The van der Waals surface area contributed by atoms with Crippen molar-refractivity contribution in [2.45, 2.75) is 46.1 Å². The summed E-state index contributed by atoms with van der Waals surface area (Å²) in [5.41, 5.74) is 1.83. The molecule has 1 fully saturated rings. The SMILES string of the molecule is Cc1nc(N(C)C2CN(c3ccc4nnc(C(C)(C)C)n4n3)C2)sc1C. The monoisotopic (exact) mass is 371 g/mol. The molecule has 1 aliphatic rings. The van der Waals surface area contributed by atoms with Gasteiger partial charge in [0.05, 0.1) is 11.7 Å². The van der Waals surface area contributed by atoms with E-state index in [1.165, 1.54) is 4.88 Å². The van der Waals surface area contributed by atoms with Crippen LogP contribution in [0.4, 0.5) is 10.9 Å². The topological polar surface area (TPSA) is 62.5 Å². The Kier molecular flexibility index (Phi) is 3.91. The maximum atomic E-state index is 4.79. The van der Waals surface area contributed by atoms with E-state index in [1.807, 2.05) is 16.6 Å². The van der Waals surface area contributed by atoms with Crippen LogP contribution in [0.5, 0.6) is 0 Å². The summed E-state index contributed by atoms with van der Waals surface area (Å²) in [6, 6.07) is 4.49. The normalized spacial score (nSPS) is 15.5. The zero-order valence-electron chi connectivity index (χ0n) is 16.2. The highest BCUT2D eigenvalue weighted by atomic mass is 32.1. The van der Waals surface area contributed by atoms with Crippen molar-refractivity contribution in [2.75, 3.05) is 29.9 Å². The molecule has 0 atom stereocenters. The van der Waals surface area contributed by atoms with Gasteiger partial charge in [0.1, 0.15) is 5.82 Å². The Labute approximate surface area is 157 Å². The smallest absolute Gasteiger partial charge is 0.185 e. The lowest BCUT2D eigenvalue weighted by Crippen LogP contribution is -2.59. The van der Waals surface area contributed by atoms with Gasteiger partial charge in [-0.05, 0) is 26.0 Å². The molecule has 0 aliphatic carbocycles. The van der Waals surface area contributed by atoms with Crippen molar-refractivity contribution >= 4 is 27.9 Å². The Morgan fingerprint density at radius 2 is 1.88 bits per heavy atom. The maximum Gasteiger partial charge on any atom is 0.185 e. The van der Waals surface area contributed by atoms with Gasteiger partial charge in [0, 0.05) is 30.4 Å². The van der Waals surface area contributed by atoms with E-state index in [0.29, 0.717) is 6.04 Å². The summed E-state index contributed by atoms with van der Waals surface area (Å²) >= 11 is 1.76.